The molecule has 0 heterocycles. The van der Waals surface area contributed by atoms with Crippen molar-refractivity contribution >= 4 is 11.9 Å². The Hall–Kier alpha value is 0.576. The van der Waals surface area contributed by atoms with Gasteiger partial charge in [-0.05, 0) is 19.3 Å². The molecule has 0 saturated heterocycles. The van der Waals surface area contributed by atoms with Crippen LogP contribution < -0.4 is 56.5 Å². The number of unbranched alkanes of at least 4 members (excludes halogenated alkanes) is 32. The van der Waals surface area contributed by atoms with Crippen molar-refractivity contribution in [3.63, 3.8) is 0 Å². The fraction of sp³-hybridized carbons (Fsp3) is 0.950. The van der Waals surface area contributed by atoms with Crippen LogP contribution in [0.25, 0.3) is 0 Å². The third-order valence-electron chi connectivity index (χ3n) is 8.98. The number of aliphatic carboxylic acids is 2. The van der Waals surface area contributed by atoms with Gasteiger partial charge in [-0.2, -0.15) is 0 Å². The van der Waals surface area contributed by atoms with Crippen molar-refractivity contribution < 1.29 is 71.2 Å². The number of hydrogen-bond donors (Lipinski definition) is 1. The van der Waals surface area contributed by atoms with E-state index in [1.165, 1.54) is 193 Å². The molecule has 0 fully saturated rings. The SMILES string of the molecule is CCCCCCCCCCCCCCCCCCCC(=O)O.CCCCCCCCCCCCCCCCCCCC(=O)[O-].[K+]. The maximum Gasteiger partial charge on any atom is 1.00 e. The zero-order valence-electron chi connectivity index (χ0n) is 31.1. The first-order chi connectivity index (χ1) is 21.5. The molecule has 0 aromatic rings. The molecule has 0 rings (SSSR count). The van der Waals surface area contributed by atoms with Gasteiger partial charge in [0.15, 0.2) is 0 Å². The Balaban J connectivity index is -0.000000767. The van der Waals surface area contributed by atoms with Crippen molar-refractivity contribution in [2.45, 2.75) is 245 Å². The third kappa shape index (κ3) is 54.3. The van der Waals surface area contributed by atoms with Gasteiger partial charge in [-0.25, -0.2) is 0 Å². The van der Waals surface area contributed by atoms with E-state index in [2.05, 4.69) is 13.8 Å². The van der Waals surface area contributed by atoms with E-state index in [1.54, 1.807) is 0 Å². The summed E-state index contributed by atoms with van der Waals surface area (Å²) in [5.74, 6) is -1.55. The maximum absolute atomic E-state index is 10.4. The number of carbonyl (C=O) groups excluding carboxylic acids is 1. The number of carboxylic acid groups (broad SMARTS) is 2. The smallest absolute Gasteiger partial charge is 0.550 e. The quantitative estimate of drug-likeness (QED) is 0.0535. The normalized spacial score (nSPS) is 10.7. The van der Waals surface area contributed by atoms with Crippen molar-refractivity contribution in [2.75, 3.05) is 0 Å². The van der Waals surface area contributed by atoms with E-state index in [1.807, 2.05) is 0 Å². The van der Waals surface area contributed by atoms with Gasteiger partial charge in [0.1, 0.15) is 0 Å². The molecule has 0 spiro atoms. The predicted molar refractivity (Wildman–Crippen MR) is 190 cm³/mol. The van der Waals surface area contributed by atoms with Gasteiger partial charge in [0, 0.05) is 12.4 Å². The van der Waals surface area contributed by atoms with Crippen molar-refractivity contribution in [2.24, 2.45) is 0 Å². The van der Waals surface area contributed by atoms with Crippen LogP contribution in [0.5, 0.6) is 0 Å². The molecule has 0 unspecified atom stereocenters. The molecule has 5 heteroatoms. The summed E-state index contributed by atoms with van der Waals surface area (Å²) in [4.78, 5) is 20.6. The summed E-state index contributed by atoms with van der Waals surface area (Å²) < 4.78 is 0. The number of carbonyl (C=O) groups is 2. The molecule has 0 aliphatic heterocycles. The Morgan fingerprint density at radius 3 is 0.711 bits per heavy atom. The molecule has 0 radical (unpaired) electrons. The monoisotopic (exact) mass is 663 g/mol. The van der Waals surface area contributed by atoms with E-state index in [-0.39, 0.29) is 57.8 Å². The van der Waals surface area contributed by atoms with E-state index in [0.29, 0.717) is 6.42 Å². The average Bonchev–Trinajstić information content (AvgIpc) is 3.00. The second kappa shape index (κ2) is 46.7. The van der Waals surface area contributed by atoms with Gasteiger partial charge < -0.3 is 15.0 Å². The molecule has 0 bridgehead atoms. The molecule has 0 aromatic heterocycles. The number of carboxylic acids is 2. The standard InChI is InChI=1S/2C20H40O2.K/c2*1-2-3-4-5-6-7-8-9-10-11-12-13-14-15-16-17-18-19-20(21)22;/h2*2-19H2,1H3,(H,21,22);/q;;+1/p-1. The minimum atomic E-state index is -0.902. The molecule has 0 aliphatic carbocycles. The average molecular weight is 663 g/mol. The third-order valence-corrected chi connectivity index (χ3v) is 8.98. The van der Waals surface area contributed by atoms with Crippen LogP contribution in [0, 0.1) is 0 Å². The van der Waals surface area contributed by atoms with E-state index in [0.717, 1.165) is 25.7 Å². The van der Waals surface area contributed by atoms with E-state index < -0.39 is 11.9 Å². The van der Waals surface area contributed by atoms with Gasteiger partial charge in [-0.15, -0.1) is 0 Å². The summed E-state index contributed by atoms with van der Waals surface area (Å²) in [6.45, 7) is 4.55. The number of hydrogen-bond acceptors (Lipinski definition) is 3. The fourth-order valence-corrected chi connectivity index (χ4v) is 6.00. The molecule has 0 aromatic carbocycles. The first-order valence-corrected chi connectivity index (χ1v) is 20.0. The van der Waals surface area contributed by atoms with E-state index in [4.69, 9.17) is 5.11 Å². The molecule has 0 saturated carbocycles. The van der Waals surface area contributed by atoms with E-state index >= 15 is 0 Å². The minimum Gasteiger partial charge on any atom is -0.550 e. The first kappa shape index (κ1) is 50.0. The van der Waals surface area contributed by atoms with Crippen LogP contribution in [0.1, 0.15) is 245 Å². The van der Waals surface area contributed by atoms with Crippen molar-refractivity contribution in [3.05, 3.63) is 0 Å². The van der Waals surface area contributed by atoms with Crippen LogP contribution in [0.3, 0.4) is 0 Å². The molecule has 0 amide bonds. The second-order valence-electron chi connectivity index (χ2n) is 13.6. The Morgan fingerprint density at radius 1 is 0.356 bits per heavy atom. The summed E-state index contributed by atoms with van der Waals surface area (Å²) >= 11 is 0. The topological polar surface area (TPSA) is 77.4 Å². The van der Waals surface area contributed by atoms with Crippen LogP contribution in [0.15, 0.2) is 0 Å². The molecular formula is C40H79KO4. The zero-order valence-corrected chi connectivity index (χ0v) is 34.3. The summed E-state index contributed by atoms with van der Waals surface area (Å²) in [5, 5.41) is 18.8. The predicted octanol–water partition coefficient (Wildman–Crippen LogP) is 9.89. The molecule has 4 nitrogen and oxygen atoms in total. The molecular weight excluding hydrogens is 584 g/mol. The van der Waals surface area contributed by atoms with Crippen molar-refractivity contribution in [1.82, 2.24) is 0 Å². The van der Waals surface area contributed by atoms with Crippen LogP contribution in [0.2, 0.25) is 0 Å². The first-order valence-electron chi connectivity index (χ1n) is 20.0. The van der Waals surface area contributed by atoms with Gasteiger partial charge in [-0.1, -0.05) is 219 Å². The van der Waals surface area contributed by atoms with Crippen LogP contribution in [-0.2, 0) is 9.59 Å². The fourth-order valence-electron chi connectivity index (χ4n) is 6.00. The largest absolute Gasteiger partial charge is 1.00 e. The Morgan fingerprint density at radius 2 is 0.533 bits per heavy atom. The zero-order chi connectivity index (χ0) is 32.6. The molecule has 0 atom stereocenters. The van der Waals surface area contributed by atoms with Crippen molar-refractivity contribution in [3.8, 4) is 0 Å². The van der Waals surface area contributed by atoms with Gasteiger partial charge in [0.25, 0.3) is 0 Å². The van der Waals surface area contributed by atoms with Crippen LogP contribution in [-0.4, -0.2) is 17.0 Å². The van der Waals surface area contributed by atoms with Crippen molar-refractivity contribution in [1.29, 1.82) is 0 Å². The Labute approximate surface area is 325 Å². The number of rotatable bonds is 36. The molecule has 264 valence electrons. The summed E-state index contributed by atoms with van der Waals surface area (Å²) in [7, 11) is 0. The molecule has 1 N–H and O–H groups in total. The minimum absolute atomic E-state index is 0. The molecule has 0 aliphatic rings. The van der Waals surface area contributed by atoms with Crippen LogP contribution in [0.4, 0.5) is 0 Å². The molecule has 45 heavy (non-hydrogen) atoms. The summed E-state index contributed by atoms with van der Waals surface area (Å²) in [6, 6.07) is 0. The van der Waals surface area contributed by atoms with E-state index in [9.17, 15) is 14.7 Å². The summed E-state index contributed by atoms with van der Waals surface area (Å²) in [5.41, 5.74) is 0. The van der Waals surface area contributed by atoms with Gasteiger partial charge in [0.05, 0.1) is 0 Å². The summed E-state index contributed by atoms with van der Waals surface area (Å²) in [6.07, 6.45) is 45.9. The Kier molecular flexibility index (Phi) is 51.8. The second-order valence-corrected chi connectivity index (χ2v) is 13.6. The Bertz CT molecular complexity index is 506. The van der Waals surface area contributed by atoms with Gasteiger partial charge in [-0.3, -0.25) is 4.79 Å². The van der Waals surface area contributed by atoms with Crippen LogP contribution >= 0.6 is 0 Å². The van der Waals surface area contributed by atoms with Gasteiger partial charge >= 0.3 is 57.4 Å². The van der Waals surface area contributed by atoms with Gasteiger partial charge in [0.2, 0.25) is 0 Å². The maximum atomic E-state index is 10.4.